The van der Waals surface area contributed by atoms with Crippen LogP contribution in [0.4, 0.5) is 0 Å². The Morgan fingerprint density at radius 2 is 1.89 bits per heavy atom. The molecule has 0 radical (unpaired) electrons. The summed E-state index contributed by atoms with van der Waals surface area (Å²) in [5.74, 6) is -0.141. The van der Waals surface area contributed by atoms with Crippen LogP contribution in [0.1, 0.15) is 35.3 Å². The number of aromatic nitrogens is 2. The summed E-state index contributed by atoms with van der Waals surface area (Å²) < 4.78 is 6.34. The van der Waals surface area contributed by atoms with Crippen molar-refractivity contribution in [3.63, 3.8) is 0 Å². The zero-order chi connectivity index (χ0) is 26.5. The molecule has 2 aromatic heterocycles. The van der Waals surface area contributed by atoms with E-state index in [0.717, 1.165) is 22.3 Å². The molecule has 1 N–H and O–H groups in total. The van der Waals surface area contributed by atoms with Gasteiger partial charge in [-0.05, 0) is 43.2 Å². The monoisotopic (exact) mass is 502 g/mol. The van der Waals surface area contributed by atoms with Crippen LogP contribution in [0.25, 0.3) is 11.1 Å². The zero-order valence-corrected chi connectivity index (χ0v) is 21.8. The van der Waals surface area contributed by atoms with Gasteiger partial charge in [-0.15, -0.1) is 0 Å². The van der Waals surface area contributed by atoms with Crippen LogP contribution in [-0.4, -0.2) is 75.6 Å². The lowest BCUT2D eigenvalue weighted by atomic mass is 9.99. The minimum Gasteiger partial charge on any atom is -0.472 e. The first-order valence-corrected chi connectivity index (χ1v) is 12.5. The number of nitrogens with zero attached hydrogens (tertiary/aromatic N) is 4. The molecule has 194 valence electrons. The first-order chi connectivity index (χ1) is 17.8. The second-order valence-electron chi connectivity index (χ2n) is 9.87. The fraction of sp³-hybridized carbons (Fsp3) is 0.379. The molecule has 0 aliphatic carbocycles. The number of aliphatic hydroxyl groups is 1. The Bertz CT molecular complexity index is 1230. The first-order valence-electron chi connectivity index (χ1n) is 12.5. The number of likely N-dealkylation sites (N-methyl/N-ethyl adjacent to an activating group) is 1. The van der Waals surface area contributed by atoms with Crippen molar-refractivity contribution < 1.29 is 19.4 Å². The van der Waals surface area contributed by atoms with E-state index in [9.17, 15) is 14.7 Å². The normalized spacial score (nSPS) is 18.3. The predicted molar refractivity (Wildman–Crippen MR) is 141 cm³/mol. The van der Waals surface area contributed by atoms with Gasteiger partial charge in [0.25, 0.3) is 5.91 Å². The fourth-order valence-electron chi connectivity index (χ4n) is 4.41. The highest BCUT2D eigenvalue weighted by Gasteiger charge is 2.34. The molecule has 2 amide bonds. The lowest BCUT2D eigenvalue weighted by Crippen LogP contribution is -2.50. The van der Waals surface area contributed by atoms with Crippen molar-refractivity contribution in [2.45, 2.75) is 39.3 Å². The molecule has 3 atom stereocenters. The first kappa shape index (κ1) is 26.3. The van der Waals surface area contributed by atoms with Crippen molar-refractivity contribution in [1.29, 1.82) is 0 Å². The minimum atomic E-state index is -0.399. The fourth-order valence-corrected chi connectivity index (χ4v) is 4.41. The molecular weight excluding hydrogens is 468 g/mol. The van der Waals surface area contributed by atoms with E-state index in [-0.39, 0.29) is 42.7 Å². The van der Waals surface area contributed by atoms with Crippen LogP contribution in [0.5, 0.6) is 5.88 Å². The molecule has 0 unspecified atom stereocenters. The number of benzene rings is 1. The lowest BCUT2D eigenvalue weighted by molar-refractivity contribution is -0.130. The van der Waals surface area contributed by atoms with E-state index in [4.69, 9.17) is 4.74 Å². The standard InChI is InChI=1S/C29H34N4O4/c1-19-5-7-23(8-6-19)24-14-25-28(31-15-24)37-26(20(2)16-33(29(25)36)21(3)18-34)17-32(4)27(35)13-22-9-11-30-12-10-22/h5-12,14-15,20-21,26,34H,13,16-18H2,1-4H3/t20-,21+,26+/m1/s1. The number of fused-ring (bicyclic) bond motifs is 1. The lowest BCUT2D eigenvalue weighted by Gasteiger charge is -2.37. The molecule has 0 saturated heterocycles. The average Bonchev–Trinajstić information content (AvgIpc) is 2.91. The van der Waals surface area contributed by atoms with E-state index in [1.54, 1.807) is 41.5 Å². The van der Waals surface area contributed by atoms with Gasteiger partial charge in [0.15, 0.2) is 0 Å². The Morgan fingerprint density at radius 1 is 1.19 bits per heavy atom. The van der Waals surface area contributed by atoms with Crippen LogP contribution in [-0.2, 0) is 11.2 Å². The number of hydrogen-bond donors (Lipinski definition) is 1. The topological polar surface area (TPSA) is 95.9 Å². The van der Waals surface area contributed by atoms with Crippen LogP contribution in [0.2, 0.25) is 0 Å². The minimum absolute atomic E-state index is 0.0383. The SMILES string of the molecule is Cc1ccc(-c2cnc3c(c2)C(=O)N([C@@H](C)CO)C[C@@H](C)[C@H](CN(C)C(=O)Cc2ccncc2)O3)cc1. The molecule has 3 heterocycles. The highest BCUT2D eigenvalue weighted by molar-refractivity contribution is 5.98. The summed E-state index contributed by atoms with van der Waals surface area (Å²) in [6.45, 7) is 6.39. The highest BCUT2D eigenvalue weighted by atomic mass is 16.5. The van der Waals surface area contributed by atoms with Crippen molar-refractivity contribution in [1.82, 2.24) is 19.8 Å². The predicted octanol–water partition coefficient (Wildman–Crippen LogP) is 3.37. The van der Waals surface area contributed by atoms with Gasteiger partial charge in [0.2, 0.25) is 11.8 Å². The summed E-state index contributed by atoms with van der Waals surface area (Å²) in [6.07, 6.45) is 4.91. The maximum absolute atomic E-state index is 13.6. The van der Waals surface area contributed by atoms with E-state index in [1.165, 1.54) is 0 Å². The number of pyridine rings is 2. The van der Waals surface area contributed by atoms with Crippen molar-refractivity contribution in [2.24, 2.45) is 5.92 Å². The van der Waals surface area contributed by atoms with E-state index >= 15 is 0 Å². The molecule has 0 fully saturated rings. The van der Waals surface area contributed by atoms with Gasteiger partial charge in [0.1, 0.15) is 11.7 Å². The number of hydrogen-bond acceptors (Lipinski definition) is 6. The van der Waals surface area contributed by atoms with Gasteiger partial charge in [0.05, 0.1) is 25.6 Å². The van der Waals surface area contributed by atoms with Crippen LogP contribution >= 0.6 is 0 Å². The van der Waals surface area contributed by atoms with E-state index in [0.29, 0.717) is 18.7 Å². The Hall–Kier alpha value is -3.78. The maximum Gasteiger partial charge on any atom is 0.259 e. The number of carbonyl (C=O) groups excluding carboxylic acids is 2. The largest absolute Gasteiger partial charge is 0.472 e. The van der Waals surface area contributed by atoms with E-state index in [2.05, 4.69) is 9.97 Å². The summed E-state index contributed by atoms with van der Waals surface area (Å²) >= 11 is 0. The Balaban J connectivity index is 1.63. The smallest absolute Gasteiger partial charge is 0.259 e. The number of carbonyl (C=O) groups is 2. The molecule has 1 aliphatic rings. The molecular formula is C29H34N4O4. The second-order valence-corrected chi connectivity index (χ2v) is 9.87. The van der Waals surface area contributed by atoms with Gasteiger partial charge in [-0.3, -0.25) is 14.6 Å². The van der Waals surface area contributed by atoms with E-state index in [1.807, 2.05) is 57.2 Å². The maximum atomic E-state index is 13.6. The molecule has 1 aromatic carbocycles. The number of aryl methyl sites for hydroxylation is 1. The van der Waals surface area contributed by atoms with Crippen molar-refractivity contribution >= 4 is 11.8 Å². The van der Waals surface area contributed by atoms with Crippen molar-refractivity contribution in [3.8, 4) is 17.0 Å². The zero-order valence-electron chi connectivity index (χ0n) is 21.8. The third-order valence-electron chi connectivity index (χ3n) is 6.89. The summed E-state index contributed by atoms with van der Waals surface area (Å²) in [7, 11) is 1.76. The number of ether oxygens (including phenoxy) is 1. The van der Waals surface area contributed by atoms with Crippen molar-refractivity contribution in [2.75, 3.05) is 26.7 Å². The van der Waals surface area contributed by atoms with Gasteiger partial charge in [-0.25, -0.2) is 4.98 Å². The molecule has 3 aromatic rings. The molecule has 4 rings (SSSR count). The molecule has 8 nitrogen and oxygen atoms in total. The van der Waals surface area contributed by atoms with E-state index < -0.39 is 6.10 Å². The van der Waals surface area contributed by atoms with Crippen LogP contribution in [0.15, 0.2) is 61.1 Å². The molecule has 0 saturated carbocycles. The molecule has 37 heavy (non-hydrogen) atoms. The van der Waals surface area contributed by atoms with Crippen LogP contribution in [0.3, 0.4) is 0 Å². The van der Waals surface area contributed by atoms with Gasteiger partial charge < -0.3 is 19.6 Å². The molecule has 0 bridgehead atoms. The van der Waals surface area contributed by atoms with Gasteiger partial charge >= 0.3 is 0 Å². The summed E-state index contributed by atoms with van der Waals surface area (Å²) in [5, 5.41) is 9.89. The Morgan fingerprint density at radius 3 is 2.57 bits per heavy atom. The summed E-state index contributed by atoms with van der Waals surface area (Å²) in [6, 6.07) is 13.1. The van der Waals surface area contributed by atoms with Gasteiger partial charge in [0, 0.05) is 43.7 Å². The number of aliphatic hydroxyl groups excluding tert-OH is 1. The quantitative estimate of drug-likeness (QED) is 0.532. The number of rotatable bonds is 7. The van der Waals surface area contributed by atoms with Crippen molar-refractivity contribution in [3.05, 3.63) is 77.7 Å². The third-order valence-corrected chi connectivity index (χ3v) is 6.89. The number of amides is 2. The average molecular weight is 503 g/mol. The second kappa shape index (κ2) is 11.5. The molecule has 8 heteroatoms. The Kier molecular flexibility index (Phi) is 8.18. The summed E-state index contributed by atoms with van der Waals surface area (Å²) in [4.78, 5) is 38.5. The van der Waals surface area contributed by atoms with Gasteiger partial charge in [-0.2, -0.15) is 0 Å². The summed E-state index contributed by atoms with van der Waals surface area (Å²) in [5.41, 5.74) is 4.14. The molecule has 1 aliphatic heterocycles. The van der Waals surface area contributed by atoms with Crippen LogP contribution in [0, 0.1) is 12.8 Å². The Labute approximate surface area is 217 Å². The highest BCUT2D eigenvalue weighted by Crippen LogP contribution is 2.30. The van der Waals surface area contributed by atoms with Crippen LogP contribution < -0.4 is 4.74 Å². The van der Waals surface area contributed by atoms with Gasteiger partial charge in [-0.1, -0.05) is 36.8 Å². The third kappa shape index (κ3) is 6.14. The molecule has 0 spiro atoms.